The second-order valence-electron chi connectivity index (χ2n) is 8.00. The van der Waals surface area contributed by atoms with Crippen LogP contribution in [0.4, 0.5) is 0 Å². The summed E-state index contributed by atoms with van der Waals surface area (Å²) in [4.78, 5) is 27.3. The van der Waals surface area contributed by atoms with Gasteiger partial charge in [0.2, 0.25) is 5.91 Å². The number of carbonyl (C=O) groups excluding carboxylic acids is 2. The van der Waals surface area contributed by atoms with E-state index in [2.05, 4.69) is 20.8 Å². The highest BCUT2D eigenvalue weighted by molar-refractivity contribution is 6.30. The van der Waals surface area contributed by atoms with Gasteiger partial charge in [-0.3, -0.25) is 9.59 Å². The molecular weight excluding hydrogens is 408 g/mol. The predicted molar refractivity (Wildman–Crippen MR) is 109 cm³/mol. The van der Waals surface area contributed by atoms with Gasteiger partial charge in [-0.2, -0.15) is 0 Å². The molecule has 1 aliphatic carbocycles. The van der Waals surface area contributed by atoms with Gasteiger partial charge in [0.1, 0.15) is 18.5 Å². The van der Waals surface area contributed by atoms with Crippen LogP contribution in [0.5, 0.6) is 0 Å². The van der Waals surface area contributed by atoms with Crippen molar-refractivity contribution in [3.63, 3.8) is 0 Å². The highest BCUT2D eigenvalue weighted by atomic mass is 35.5. The van der Waals surface area contributed by atoms with Crippen molar-refractivity contribution in [2.24, 2.45) is 11.8 Å². The molecule has 2 amide bonds. The Kier molecular flexibility index (Phi) is 6.01. The van der Waals surface area contributed by atoms with E-state index in [1.807, 2.05) is 6.92 Å². The minimum Gasteiger partial charge on any atom is -0.383 e. The van der Waals surface area contributed by atoms with Gasteiger partial charge in [0.05, 0.1) is 5.69 Å². The smallest absolute Gasteiger partial charge is 0.252 e. The Hall–Kier alpha value is -2.52. The first kappa shape index (κ1) is 20.7. The number of aliphatic hydroxyl groups is 1. The van der Waals surface area contributed by atoms with Crippen LogP contribution in [-0.4, -0.2) is 60.7 Å². The number of piperidine rings is 1. The summed E-state index contributed by atoms with van der Waals surface area (Å²) in [6.07, 6.45) is 3.48. The lowest BCUT2D eigenvalue weighted by Crippen LogP contribution is -2.51. The van der Waals surface area contributed by atoms with Gasteiger partial charge < -0.3 is 15.3 Å². The van der Waals surface area contributed by atoms with E-state index in [0.29, 0.717) is 29.6 Å². The molecule has 2 fully saturated rings. The molecule has 10 heteroatoms. The summed E-state index contributed by atoms with van der Waals surface area (Å²) in [6, 6.07) is 4.74. The molecule has 1 aromatic carbocycles. The summed E-state index contributed by atoms with van der Waals surface area (Å²) in [5, 5.41) is 24.9. The maximum absolute atomic E-state index is 13.0. The van der Waals surface area contributed by atoms with E-state index in [1.165, 1.54) is 11.0 Å². The monoisotopic (exact) mass is 432 g/mol. The molecule has 0 bridgehead atoms. The van der Waals surface area contributed by atoms with Crippen LogP contribution < -0.4 is 5.32 Å². The Morgan fingerprint density at radius 1 is 1.40 bits per heavy atom. The topological polar surface area (TPSA) is 113 Å². The van der Waals surface area contributed by atoms with Crippen molar-refractivity contribution in [2.45, 2.75) is 51.3 Å². The number of amides is 2. The van der Waals surface area contributed by atoms with Gasteiger partial charge in [0.15, 0.2) is 0 Å². The molecular formula is C20H25ClN6O3. The Bertz CT molecular complexity index is 921. The Morgan fingerprint density at radius 3 is 2.97 bits per heavy atom. The van der Waals surface area contributed by atoms with Gasteiger partial charge in [-0.05, 0) is 58.9 Å². The second-order valence-corrected chi connectivity index (χ2v) is 8.43. The molecule has 2 aromatic rings. The molecule has 0 spiro atoms. The zero-order valence-corrected chi connectivity index (χ0v) is 17.5. The standard InChI is InChI=1S/C20H25ClN6O3/c1-2-3-4-17(28)20(30)26-10-13-8-15(13)18(26)19(29)22-9-12-7-14(21)5-6-16(12)27-11-23-24-25-27/h5-7,11,13,15,17-18,28H,2-4,8-10H2,1H3,(H,22,29)/t13-,15-,17?,18-/m0/s1. The van der Waals surface area contributed by atoms with E-state index in [-0.39, 0.29) is 24.3 Å². The van der Waals surface area contributed by atoms with Crippen molar-refractivity contribution in [1.29, 1.82) is 0 Å². The molecule has 1 saturated heterocycles. The summed E-state index contributed by atoms with van der Waals surface area (Å²) in [7, 11) is 0. The number of rotatable bonds is 8. The largest absolute Gasteiger partial charge is 0.383 e. The Morgan fingerprint density at radius 2 is 2.23 bits per heavy atom. The number of nitrogens with zero attached hydrogens (tertiary/aromatic N) is 5. The van der Waals surface area contributed by atoms with Crippen molar-refractivity contribution in [2.75, 3.05) is 6.54 Å². The van der Waals surface area contributed by atoms with E-state index < -0.39 is 12.1 Å². The van der Waals surface area contributed by atoms with E-state index in [1.54, 1.807) is 23.1 Å². The number of benzene rings is 1. The molecule has 2 N–H and O–H groups in total. The molecule has 1 aromatic heterocycles. The van der Waals surface area contributed by atoms with E-state index in [4.69, 9.17) is 11.6 Å². The second kappa shape index (κ2) is 8.69. The first-order chi connectivity index (χ1) is 14.5. The number of hydrogen-bond donors (Lipinski definition) is 2. The fourth-order valence-corrected chi connectivity index (χ4v) is 4.41. The van der Waals surface area contributed by atoms with Crippen LogP contribution in [0, 0.1) is 11.8 Å². The van der Waals surface area contributed by atoms with Crippen LogP contribution >= 0.6 is 11.6 Å². The summed E-state index contributed by atoms with van der Waals surface area (Å²) in [5.74, 6) is -0.0247. The van der Waals surface area contributed by atoms with E-state index in [9.17, 15) is 14.7 Å². The number of aliphatic hydroxyl groups excluding tert-OH is 1. The van der Waals surface area contributed by atoms with E-state index in [0.717, 1.165) is 24.8 Å². The maximum atomic E-state index is 13.0. The number of hydrogen-bond acceptors (Lipinski definition) is 6. The average molecular weight is 433 g/mol. The lowest BCUT2D eigenvalue weighted by atomic mass is 10.1. The van der Waals surface area contributed by atoms with Gasteiger partial charge in [0, 0.05) is 18.1 Å². The first-order valence-corrected chi connectivity index (χ1v) is 10.7. The highest BCUT2D eigenvalue weighted by Crippen LogP contribution is 2.49. The molecule has 1 unspecified atom stereocenters. The van der Waals surface area contributed by atoms with Gasteiger partial charge in [-0.1, -0.05) is 31.4 Å². The van der Waals surface area contributed by atoms with Crippen molar-refractivity contribution < 1.29 is 14.7 Å². The molecule has 1 aliphatic heterocycles. The number of likely N-dealkylation sites (tertiary alicyclic amines) is 1. The lowest BCUT2D eigenvalue weighted by molar-refractivity contribution is -0.146. The van der Waals surface area contributed by atoms with Gasteiger partial charge >= 0.3 is 0 Å². The van der Waals surface area contributed by atoms with Crippen LogP contribution in [0.25, 0.3) is 5.69 Å². The first-order valence-electron chi connectivity index (χ1n) is 10.3. The van der Waals surface area contributed by atoms with Crippen LogP contribution in [0.1, 0.15) is 38.2 Å². The Balaban J connectivity index is 1.45. The van der Waals surface area contributed by atoms with Crippen LogP contribution in [0.2, 0.25) is 5.02 Å². The zero-order valence-electron chi connectivity index (χ0n) is 16.7. The number of tetrazole rings is 1. The molecule has 4 rings (SSSR count). The molecule has 2 heterocycles. The number of nitrogens with one attached hydrogen (secondary N) is 1. The third-order valence-electron chi connectivity index (χ3n) is 5.91. The molecule has 9 nitrogen and oxygen atoms in total. The lowest BCUT2D eigenvalue weighted by Gasteiger charge is -2.28. The molecule has 160 valence electrons. The predicted octanol–water partition coefficient (Wildman–Crippen LogP) is 1.33. The number of unbranched alkanes of at least 4 members (excludes halogenated alkanes) is 1. The third kappa shape index (κ3) is 4.17. The minimum absolute atomic E-state index is 0.172. The van der Waals surface area contributed by atoms with Crippen molar-refractivity contribution >= 4 is 23.4 Å². The quantitative estimate of drug-likeness (QED) is 0.650. The van der Waals surface area contributed by atoms with Crippen molar-refractivity contribution in [3.8, 4) is 5.69 Å². The summed E-state index contributed by atoms with van der Waals surface area (Å²) in [5.41, 5.74) is 1.47. The summed E-state index contributed by atoms with van der Waals surface area (Å²) >= 11 is 6.14. The molecule has 30 heavy (non-hydrogen) atoms. The van der Waals surface area contributed by atoms with Gasteiger partial charge in [-0.25, -0.2) is 4.68 Å². The Labute approximate surface area is 179 Å². The van der Waals surface area contributed by atoms with Crippen molar-refractivity contribution in [3.05, 3.63) is 35.1 Å². The number of aromatic nitrogens is 4. The SMILES string of the molecule is CCCCC(O)C(=O)N1C[C@@H]2C[C@@H]2[C@H]1C(=O)NCc1cc(Cl)ccc1-n1cnnn1. The zero-order chi connectivity index (χ0) is 21.3. The van der Waals surface area contributed by atoms with Crippen LogP contribution in [0.15, 0.2) is 24.5 Å². The molecule has 2 aliphatic rings. The van der Waals surface area contributed by atoms with Crippen molar-refractivity contribution in [1.82, 2.24) is 30.4 Å². The maximum Gasteiger partial charge on any atom is 0.252 e. The summed E-state index contributed by atoms with van der Waals surface area (Å²) < 4.78 is 1.50. The van der Waals surface area contributed by atoms with E-state index >= 15 is 0 Å². The minimum atomic E-state index is -1.04. The molecule has 1 saturated carbocycles. The fourth-order valence-electron chi connectivity index (χ4n) is 4.22. The van der Waals surface area contributed by atoms with Crippen LogP contribution in [-0.2, 0) is 16.1 Å². The van der Waals surface area contributed by atoms with Gasteiger partial charge in [-0.15, -0.1) is 5.10 Å². The highest BCUT2D eigenvalue weighted by Gasteiger charge is 2.57. The fraction of sp³-hybridized carbons (Fsp3) is 0.550. The number of carbonyl (C=O) groups is 2. The normalized spacial score (nSPS) is 23.2. The molecule has 0 radical (unpaired) electrons. The number of halogens is 1. The average Bonchev–Trinajstić information content (AvgIpc) is 3.15. The number of fused-ring (bicyclic) bond motifs is 1. The molecule has 4 atom stereocenters. The summed E-state index contributed by atoms with van der Waals surface area (Å²) in [6.45, 7) is 2.78. The van der Waals surface area contributed by atoms with Gasteiger partial charge in [0.25, 0.3) is 5.91 Å². The third-order valence-corrected chi connectivity index (χ3v) is 6.14. The van der Waals surface area contributed by atoms with Crippen LogP contribution in [0.3, 0.4) is 0 Å².